The maximum absolute atomic E-state index is 14.2. The molecular formula is C33H37F5N2O5. The number of rotatable bonds is 4. The van der Waals surface area contributed by atoms with Crippen LogP contribution in [0.4, 0.5) is 26.7 Å². The zero-order valence-electron chi connectivity index (χ0n) is 25.3. The number of allylic oxidation sites excluding steroid dienone is 4. The molecule has 1 saturated heterocycles. The highest BCUT2D eigenvalue weighted by molar-refractivity contribution is 5.94. The molecule has 0 aromatic heterocycles. The molecule has 1 aromatic rings. The number of ketones is 1. The number of halogens is 5. The first-order valence-electron chi connectivity index (χ1n) is 15.5. The third-order valence-electron chi connectivity index (χ3n) is 10.8. The zero-order valence-corrected chi connectivity index (χ0v) is 25.3. The van der Waals surface area contributed by atoms with Crippen LogP contribution in [-0.4, -0.2) is 79.3 Å². The van der Waals surface area contributed by atoms with Crippen molar-refractivity contribution in [1.82, 2.24) is 9.80 Å². The van der Waals surface area contributed by atoms with Crippen molar-refractivity contribution in [3.05, 3.63) is 58.2 Å². The van der Waals surface area contributed by atoms with Gasteiger partial charge in [0.15, 0.2) is 5.78 Å². The van der Waals surface area contributed by atoms with Crippen LogP contribution in [0.1, 0.15) is 73.7 Å². The maximum atomic E-state index is 14.2. The van der Waals surface area contributed by atoms with Crippen LogP contribution in [-0.2, 0) is 14.3 Å². The number of fused-ring (bicyclic) bond motifs is 4. The first-order chi connectivity index (χ1) is 21.2. The van der Waals surface area contributed by atoms with Crippen molar-refractivity contribution in [3.63, 3.8) is 0 Å². The van der Waals surface area contributed by atoms with Gasteiger partial charge >= 0.3 is 18.4 Å². The second-order valence-corrected chi connectivity index (χ2v) is 13.2. The fourth-order valence-electron chi connectivity index (χ4n) is 8.61. The third-order valence-corrected chi connectivity index (χ3v) is 10.8. The first kappa shape index (κ1) is 31.7. The maximum Gasteiger partial charge on any atom is 0.482 e. The van der Waals surface area contributed by atoms with E-state index in [1.807, 2.05) is 12.1 Å². The van der Waals surface area contributed by atoms with Crippen LogP contribution in [0.2, 0.25) is 0 Å². The Morgan fingerprint density at radius 3 is 2.22 bits per heavy atom. The molecule has 1 heterocycles. The summed E-state index contributed by atoms with van der Waals surface area (Å²) in [6.07, 6.45) is -7.85. The Morgan fingerprint density at radius 1 is 0.911 bits per heavy atom. The van der Waals surface area contributed by atoms with Crippen molar-refractivity contribution >= 4 is 17.8 Å². The van der Waals surface area contributed by atoms with Crippen LogP contribution in [0, 0.1) is 17.3 Å². The number of methoxy groups -OCH3 is 1. The number of ether oxygens (including phenoxy) is 2. The second kappa shape index (κ2) is 11.5. The van der Waals surface area contributed by atoms with Crippen LogP contribution in [0.25, 0.3) is 0 Å². The lowest BCUT2D eigenvalue weighted by atomic mass is 9.53. The molecule has 1 aliphatic heterocycles. The lowest BCUT2D eigenvalue weighted by Gasteiger charge is -2.52. The molecule has 45 heavy (non-hydrogen) atoms. The summed E-state index contributed by atoms with van der Waals surface area (Å²) >= 11 is 0. The van der Waals surface area contributed by atoms with Gasteiger partial charge in [-0.05, 0) is 90.7 Å². The molecule has 2 saturated carbocycles. The van der Waals surface area contributed by atoms with Gasteiger partial charge in [0, 0.05) is 44.1 Å². The standard InChI is InChI=1S/C33H37F5N2O5/c1-31-18-25(19-3-5-20(6-4-19)29(42)39-13-15-40(16-14-39)30(43)44-2)28-23-10-8-22(41)17-21(23)7-9-24(28)26(31)11-12-27(31)45-33(37,38)32(34,35)36/h3-6,17,24-27H,7-16,18H2,1-2H3. The van der Waals surface area contributed by atoms with Gasteiger partial charge in [0.2, 0.25) is 0 Å². The van der Waals surface area contributed by atoms with E-state index >= 15 is 0 Å². The number of nitrogens with zero attached hydrogens (tertiary/aromatic N) is 2. The van der Waals surface area contributed by atoms with Crippen molar-refractivity contribution in [2.75, 3.05) is 33.3 Å². The van der Waals surface area contributed by atoms with Crippen molar-refractivity contribution in [1.29, 1.82) is 0 Å². The van der Waals surface area contributed by atoms with Crippen molar-refractivity contribution in [2.24, 2.45) is 17.3 Å². The highest BCUT2D eigenvalue weighted by Gasteiger charge is 2.65. The SMILES string of the molecule is COC(=O)N1CCN(C(=O)c2ccc(C3CC4(C)C(OC(F)(F)C(F)(F)F)CCC4C4CCC5=CC(=O)CCC5=C34)cc2)CC1. The summed E-state index contributed by atoms with van der Waals surface area (Å²) in [5.74, 6) is -0.568. The van der Waals surface area contributed by atoms with E-state index in [1.54, 1.807) is 30.0 Å². The quantitative estimate of drug-likeness (QED) is 0.346. The Balaban J connectivity index is 1.31. The predicted molar refractivity (Wildman–Crippen MR) is 152 cm³/mol. The summed E-state index contributed by atoms with van der Waals surface area (Å²) in [5.41, 5.74) is 3.64. The van der Waals surface area contributed by atoms with E-state index in [0.717, 1.165) is 22.3 Å². The number of carbonyl (C=O) groups is 3. The summed E-state index contributed by atoms with van der Waals surface area (Å²) in [4.78, 5) is 40.6. The van der Waals surface area contributed by atoms with Gasteiger partial charge in [0.05, 0.1) is 13.2 Å². The first-order valence-corrected chi connectivity index (χ1v) is 15.5. The average Bonchev–Trinajstić information content (AvgIpc) is 3.34. The van der Waals surface area contributed by atoms with Crippen molar-refractivity contribution in [2.45, 2.75) is 76.2 Å². The molecule has 6 rings (SSSR count). The van der Waals surface area contributed by atoms with Gasteiger partial charge in [-0.25, -0.2) is 4.79 Å². The molecule has 0 bridgehead atoms. The van der Waals surface area contributed by atoms with Gasteiger partial charge in [-0.1, -0.05) is 24.6 Å². The molecule has 12 heteroatoms. The Hall–Kier alpha value is -3.28. The summed E-state index contributed by atoms with van der Waals surface area (Å²) in [6.45, 7) is 3.20. The van der Waals surface area contributed by atoms with E-state index in [4.69, 9.17) is 4.74 Å². The smallest absolute Gasteiger partial charge is 0.453 e. The highest BCUT2D eigenvalue weighted by Crippen LogP contribution is 2.65. The van der Waals surface area contributed by atoms with E-state index in [1.165, 1.54) is 12.0 Å². The number of hydrogen-bond acceptors (Lipinski definition) is 5. The summed E-state index contributed by atoms with van der Waals surface area (Å²) in [5, 5.41) is 0. The molecule has 0 radical (unpaired) electrons. The van der Waals surface area contributed by atoms with Gasteiger partial charge in [0.25, 0.3) is 5.91 Å². The lowest BCUT2D eigenvalue weighted by Crippen LogP contribution is -2.50. The Morgan fingerprint density at radius 2 is 1.58 bits per heavy atom. The molecule has 7 nitrogen and oxygen atoms in total. The average molecular weight is 637 g/mol. The van der Waals surface area contributed by atoms with Crippen LogP contribution < -0.4 is 0 Å². The van der Waals surface area contributed by atoms with Gasteiger partial charge in [0.1, 0.15) is 0 Å². The van der Waals surface area contributed by atoms with Gasteiger partial charge in [-0.3, -0.25) is 9.59 Å². The van der Waals surface area contributed by atoms with E-state index in [2.05, 4.69) is 4.74 Å². The van der Waals surface area contributed by atoms with Crippen LogP contribution in [0.3, 0.4) is 0 Å². The number of carbonyl (C=O) groups excluding carboxylic acids is 3. The molecule has 5 atom stereocenters. The van der Waals surface area contributed by atoms with E-state index in [-0.39, 0.29) is 35.9 Å². The number of piperazine rings is 1. The van der Waals surface area contributed by atoms with E-state index in [9.17, 15) is 36.3 Å². The fraction of sp³-hybridized carbons (Fsp3) is 0.606. The molecule has 3 fully saturated rings. The number of alkyl halides is 5. The Bertz CT molecular complexity index is 1430. The summed E-state index contributed by atoms with van der Waals surface area (Å²) < 4.78 is 77.5. The monoisotopic (exact) mass is 636 g/mol. The van der Waals surface area contributed by atoms with Crippen molar-refractivity contribution in [3.8, 4) is 0 Å². The normalized spacial score (nSPS) is 30.4. The van der Waals surface area contributed by atoms with Crippen molar-refractivity contribution < 1.29 is 45.8 Å². The number of hydrogen-bond donors (Lipinski definition) is 0. The van der Waals surface area contributed by atoms with Crippen LogP contribution >= 0.6 is 0 Å². The minimum atomic E-state index is -5.81. The molecule has 0 N–H and O–H groups in total. The number of amides is 2. The second-order valence-electron chi connectivity index (χ2n) is 13.2. The van der Waals surface area contributed by atoms with Crippen LogP contribution in [0.15, 0.2) is 47.1 Å². The fourth-order valence-corrected chi connectivity index (χ4v) is 8.61. The Kier molecular flexibility index (Phi) is 8.10. The molecule has 5 unspecified atom stereocenters. The topological polar surface area (TPSA) is 76.2 Å². The Labute approximate surface area is 258 Å². The van der Waals surface area contributed by atoms with Gasteiger partial charge in [-0.2, -0.15) is 22.0 Å². The minimum Gasteiger partial charge on any atom is -0.453 e. The highest BCUT2D eigenvalue weighted by atomic mass is 19.4. The van der Waals surface area contributed by atoms with Gasteiger partial charge in [-0.15, -0.1) is 0 Å². The largest absolute Gasteiger partial charge is 0.482 e. The zero-order chi connectivity index (χ0) is 32.3. The summed E-state index contributed by atoms with van der Waals surface area (Å²) in [7, 11) is 1.31. The third kappa shape index (κ3) is 5.57. The summed E-state index contributed by atoms with van der Waals surface area (Å²) in [6, 6.07) is 7.14. The molecule has 1 aromatic carbocycles. The minimum absolute atomic E-state index is 0.0328. The molecule has 0 spiro atoms. The number of benzene rings is 1. The molecule has 2 amide bonds. The van der Waals surface area contributed by atoms with Crippen LogP contribution in [0.5, 0.6) is 0 Å². The molecule has 4 aliphatic carbocycles. The molecule has 244 valence electrons. The van der Waals surface area contributed by atoms with E-state index < -0.39 is 29.9 Å². The lowest BCUT2D eigenvalue weighted by molar-refractivity contribution is -0.408. The predicted octanol–water partition coefficient (Wildman–Crippen LogP) is 6.65. The van der Waals surface area contributed by atoms with Gasteiger partial charge < -0.3 is 19.3 Å². The van der Waals surface area contributed by atoms with E-state index in [0.29, 0.717) is 70.3 Å². The molecular weight excluding hydrogens is 599 g/mol. The molecule has 5 aliphatic rings.